The molecule has 5 heterocycles. The molecule has 0 saturated heterocycles. The molecule has 0 saturated carbocycles. The Morgan fingerprint density at radius 3 is 1.32 bits per heavy atom. The predicted octanol–water partition coefficient (Wildman–Crippen LogP) is 16.9. The van der Waals surface area contributed by atoms with E-state index in [1.54, 1.807) is 4.57 Å². The first-order valence-electron chi connectivity index (χ1n) is 27.2. The summed E-state index contributed by atoms with van der Waals surface area (Å²) < 4.78 is 102. The molecule has 0 unspecified atom stereocenters. The van der Waals surface area contributed by atoms with Crippen LogP contribution in [0.1, 0.15) is 19.3 Å². The molecule has 0 aliphatic rings. The van der Waals surface area contributed by atoms with E-state index in [9.17, 15) is 22.8 Å². The van der Waals surface area contributed by atoms with Gasteiger partial charge < -0.3 is 18.3 Å². The summed E-state index contributed by atoms with van der Waals surface area (Å²) in [6.07, 6.45) is 0. The molecule has 0 atom stereocenters. The van der Waals surface area contributed by atoms with Gasteiger partial charge in [0.25, 0.3) is 0 Å². The lowest BCUT2D eigenvalue weighted by molar-refractivity contribution is 1.03. The van der Waals surface area contributed by atoms with Gasteiger partial charge in [-0.15, -0.1) is 11.3 Å². The number of nitriles is 1. The molecule has 0 N–H and O–H groups in total. The van der Waals surface area contributed by atoms with Crippen molar-refractivity contribution in [3.05, 3.63) is 223 Å². The molecule has 0 radical (unpaired) electrons. The second kappa shape index (κ2) is 14.1. The van der Waals surface area contributed by atoms with Crippen LogP contribution in [0.3, 0.4) is 0 Å². The van der Waals surface area contributed by atoms with E-state index < -0.39 is 54.4 Å². The highest BCUT2D eigenvalue weighted by Crippen LogP contribution is 2.53. The van der Waals surface area contributed by atoms with Crippen molar-refractivity contribution in [2.45, 2.75) is 0 Å². The molecule has 10 aromatic carbocycles. The number of nitrogens with zero attached hydrogens (tertiary/aromatic N) is 6. The largest absolute Gasteiger partial charge is 0.318 e. The fraction of sp³-hybridized carbons (Fsp3) is 0. The topological polar surface area (TPSA) is 47.9 Å². The smallest absolute Gasteiger partial charge is 0.237 e. The van der Waals surface area contributed by atoms with Gasteiger partial charge in [-0.2, -0.15) is 5.26 Å². The van der Waals surface area contributed by atoms with Crippen molar-refractivity contribution in [2.24, 2.45) is 0 Å². The zero-order chi connectivity index (χ0) is 54.2. The minimum absolute atomic E-state index is 0.000272. The monoisotopic (exact) mass is 904 g/mol. The van der Waals surface area contributed by atoms with Gasteiger partial charge in [0, 0.05) is 58.6 Å². The lowest BCUT2D eigenvalue weighted by Gasteiger charge is -2.27. The van der Waals surface area contributed by atoms with Gasteiger partial charge in [-0.25, -0.2) is 4.85 Å². The van der Waals surface area contributed by atoms with Crippen molar-refractivity contribution in [2.75, 3.05) is 0 Å². The molecule has 5 aromatic heterocycles. The van der Waals surface area contributed by atoms with Gasteiger partial charge in [-0.3, -0.25) is 0 Å². The van der Waals surface area contributed by atoms with Gasteiger partial charge in [0.1, 0.15) is 6.07 Å². The van der Waals surface area contributed by atoms with Crippen LogP contribution in [-0.4, -0.2) is 18.3 Å². The number of benzene rings is 10. The first-order chi connectivity index (χ1) is 38.4. The molecule has 0 bridgehead atoms. The van der Waals surface area contributed by atoms with E-state index in [0.29, 0.717) is 33.1 Å². The number of thiophene rings is 1. The third-order valence-electron chi connectivity index (χ3n) is 13.7. The summed E-state index contributed by atoms with van der Waals surface area (Å²) in [5, 5.41) is 17.4. The summed E-state index contributed by atoms with van der Waals surface area (Å²) >= 11 is 0.968. The Balaban J connectivity index is 1.35. The molecule has 0 fully saturated rings. The molecule has 0 amide bonds. The summed E-state index contributed by atoms with van der Waals surface area (Å²) in [6, 6.07) is 44.5. The Morgan fingerprint density at radius 1 is 0.406 bits per heavy atom. The number of fused-ring (bicyclic) bond motifs is 16. The number of hydrogen-bond acceptors (Lipinski definition) is 2. The molecule has 0 aliphatic heterocycles. The zero-order valence-electron chi connectivity index (χ0n) is 45.9. The highest BCUT2D eigenvalue weighted by atomic mass is 32.1. The summed E-state index contributed by atoms with van der Waals surface area (Å²) in [5.74, 6) is 0. The Bertz CT molecular complexity index is 5120. The first-order valence-corrected chi connectivity index (χ1v) is 23.0. The molecular weight excluding hydrogens is 861 g/mol. The number of hydrogen-bond donors (Lipinski definition) is 0. The van der Waals surface area contributed by atoms with Crippen molar-refractivity contribution in [3.8, 4) is 28.8 Å². The normalized spacial score (nSPS) is 14.1. The minimum Gasteiger partial charge on any atom is -0.318 e. The van der Waals surface area contributed by atoms with E-state index in [4.69, 9.17) is 2.74 Å². The van der Waals surface area contributed by atoms with Crippen molar-refractivity contribution in [3.63, 3.8) is 0 Å². The van der Waals surface area contributed by atoms with E-state index in [1.807, 2.05) is 159 Å². The molecule has 15 aromatic rings. The third kappa shape index (κ3) is 4.91. The van der Waals surface area contributed by atoms with Crippen molar-refractivity contribution >= 4 is 124 Å². The SMILES string of the molecule is [2H]c1c([2H])c([2H])c2c(sc3c2c([2H])c([2H])c2c4c([2H])c([2H])c([2H])c([2H])c4n(-c4c(-n5c6ccccc6c6ccccc65)c(C#N)c(-n5c6ccccc6c6ccccc65)c([N+]#[C-])c4-n4c5ccccc5c5ccccc54)c32)c1[2H]. The fourth-order valence-corrected chi connectivity index (χ4v) is 12.1. The average molecular weight is 905 g/mol. The van der Waals surface area contributed by atoms with E-state index in [0.717, 1.165) is 43.7 Å². The maximum atomic E-state index is 12.5. The molecule has 7 heteroatoms. The van der Waals surface area contributed by atoms with E-state index in [1.165, 1.54) is 0 Å². The van der Waals surface area contributed by atoms with Gasteiger partial charge in [-0.1, -0.05) is 158 Å². The van der Waals surface area contributed by atoms with Crippen LogP contribution in [0.15, 0.2) is 206 Å². The van der Waals surface area contributed by atoms with Crippen LogP contribution in [0.5, 0.6) is 0 Å². The highest BCUT2D eigenvalue weighted by Gasteiger charge is 2.35. The number of para-hydroxylation sites is 7. The first kappa shape index (κ1) is 29.3. The summed E-state index contributed by atoms with van der Waals surface area (Å²) in [4.78, 5) is 4.57. The molecule has 0 spiro atoms. The maximum Gasteiger partial charge on any atom is 0.237 e. The standard InChI is InChI=1S/C62H34N6S/c1-64-56-57(65-48-26-10-2-18-37(48)38-19-3-11-27-49(38)65)47(36-63)58(66-50-28-12-4-20-39(50)40-21-5-13-29-51(40)66)61(60(56)67-52-30-14-6-22-41(52)42-23-7-15-31-53(42)67)68-54-32-16-8-24-43(54)45-34-35-46-44-25-9-17-33-55(44)69-62(46)59(45)68/h2-35H/i8D,9D,16D,17D,24D,25D,32D,33D,34D,35D. The Kier molecular flexibility index (Phi) is 5.97. The summed E-state index contributed by atoms with van der Waals surface area (Å²) in [6.45, 7) is 9.70. The number of aromatic nitrogens is 4. The molecule has 6 nitrogen and oxygen atoms in total. The van der Waals surface area contributed by atoms with Crippen molar-refractivity contribution in [1.82, 2.24) is 18.3 Å². The lowest BCUT2D eigenvalue weighted by Crippen LogP contribution is -2.14. The number of rotatable bonds is 4. The van der Waals surface area contributed by atoms with Crippen LogP contribution in [0.25, 0.3) is 135 Å². The quantitative estimate of drug-likeness (QED) is 0.162. The zero-order valence-corrected chi connectivity index (χ0v) is 36.8. The van der Waals surface area contributed by atoms with Crippen LogP contribution in [0, 0.1) is 17.9 Å². The van der Waals surface area contributed by atoms with E-state index in [-0.39, 0.29) is 82.0 Å². The summed E-state index contributed by atoms with van der Waals surface area (Å²) in [5.41, 5.74) is 4.83. The molecule has 15 rings (SSSR count). The molecule has 0 aliphatic carbocycles. The predicted molar refractivity (Wildman–Crippen MR) is 288 cm³/mol. The molecule has 69 heavy (non-hydrogen) atoms. The minimum atomic E-state index is -0.601. The highest BCUT2D eigenvalue weighted by molar-refractivity contribution is 7.26. The van der Waals surface area contributed by atoms with Gasteiger partial charge in [0.15, 0.2) is 0 Å². The van der Waals surface area contributed by atoms with Gasteiger partial charge in [0.2, 0.25) is 5.69 Å². The average Bonchev–Trinajstić information content (AvgIpc) is 4.12. The van der Waals surface area contributed by atoms with Crippen molar-refractivity contribution < 1.29 is 13.7 Å². The molecule has 318 valence electrons. The Morgan fingerprint density at radius 2 is 0.826 bits per heavy atom. The maximum absolute atomic E-state index is 12.5. The van der Waals surface area contributed by atoms with Gasteiger partial charge in [-0.05, 0) is 48.5 Å². The van der Waals surface area contributed by atoms with Crippen LogP contribution in [-0.2, 0) is 0 Å². The second-order valence-electron chi connectivity index (χ2n) is 17.0. The Labute approximate surface area is 412 Å². The van der Waals surface area contributed by atoms with E-state index >= 15 is 0 Å². The van der Waals surface area contributed by atoms with Crippen LogP contribution in [0.2, 0.25) is 0 Å². The molecular formula is C62H34N6S. The second-order valence-corrected chi connectivity index (χ2v) is 18.0. The van der Waals surface area contributed by atoms with Crippen molar-refractivity contribution in [1.29, 1.82) is 5.26 Å². The van der Waals surface area contributed by atoms with Gasteiger partial charge >= 0.3 is 0 Å². The van der Waals surface area contributed by atoms with Crippen LogP contribution >= 0.6 is 11.3 Å². The van der Waals surface area contributed by atoms with Gasteiger partial charge in [0.05, 0.1) is 97.4 Å². The Hall–Kier alpha value is -9.40. The fourth-order valence-electron chi connectivity index (χ4n) is 11.0. The third-order valence-corrected chi connectivity index (χ3v) is 14.8. The van der Waals surface area contributed by atoms with E-state index in [2.05, 4.69) is 10.9 Å². The summed E-state index contributed by atoms with van der Waals surface area (Å²) in [7, 11) is 0. The lowest BCUT2D eigenvalue weighted by atomic mass is 10.0. The van der Waals surface area contributed by atoms with Crippen LogP contribution < -0.4 is 0 Å². The van der Waals surface area contributed by atoms with Crippen LogP contribution in [0.4, 0.5) is 5.69 Å².